The largest absolute Gasteiger partial charge is 0.471 e. The Bertz CT molecular complexity index is 622. The van der Waals surface area contributed by atoms with Gasteiger partial charge in [-0.2, -0.15) is 13.2 Å². The highest BCUT2D eigenvalue weighted by Crippen LogP contribution is 2.42. The van der Waals surface area contributed by atoms with Gasteiger partial charge in [-0.1, -0.05) is 59.1 Å². The van der Waals surface area contributed by atoms with Crippen molar-refractivity contribution in [1.29, 1.82) is 0 Å². The van der Waals surface area contributed by atoms with Crippen LogP contribution in [0.5, 0.6) is 0 Å². The lowest BCUT2D eigenvalue weighted by molar-refractivity contribution is -0.170. The number of nitrogens with zero attached hydrogens (tertiary/aromatic N) is 1. The van der Waals surface area contributed by atoms with Crippen LogP contribution in [0.15, 0.2) is 18.2 Å². The number of benzene rings is 1. The van der Waals surface area contributed by atoms with Crippen LogP contribution in [0.1, 0.15) is 76.8 Å². The number of hydrogen-bond donors (Lipinski definition) is 0. The average Bonchev–Trinajstić information content (AvgIpc) is 2.53. The minimum absolute atomic E-state index is 0.101. The number of anilines is 1. The van der Waals surface area contributed by atoms with Crippen LogP contribution in [0.3, 0.4) is 0 Å². The first-order valence-corrected chi connectivity index (χ1v) is 9.11. The third-order valence-corrected chi connectivity index (χ3v) is 5.30. The van der Waals surface area contributed by atoms with Gasteiger partial charge in [0.25, 0.3) is 0 Å². The van der Waals surface area contributed by atoms with Gasteiger partial charge >= 0.3 is 12.1 Å². The summed E-state index contributed by atoms with van der Waals surface area (Å²) in [5.74, 6) is -1.41. The standard InChI is InChI=1S/C20H28F3NO/c1-5-6-7-8-14(2)15-9-10-17-16(13-15)19(3,4)11-12-24(17)18(25)20(21,22)23/h9-10,13-14H,5-8,11-12H2,1-4H3. The maximum atomic E-state index is 12.9. The summed E-state index contributed by atoms with van der Waals surface area (Å²) in [6.45, 7) is 8.49. The van der Waals surface area contributed by atoms with E-state index in [2.05, 4.69) is 13.8 Å². The summed E-state index contributed by atoms with van der Waals surface area (Å²) >= 11 is 0. The summed E-state index contributed by atoms with van der Waals surface area (Å²) < 4.78 is 38.7. The maximum Gasteiger partial charge on any atom is 0.471 e. The van der Waals surface area contributed by atoms with Crippen LogP contribution in [-0.4, -0.2) is 18.6 Å². The van der Waals surface area contributed by atoms with E-state index in [4.69, 9.17) is 0 Å². The van der Waals surface area contributed by atoms with Gasteiger partial charge in [0.15, 0.2) is 0 Å². The maximum absolute atomic E-state index is 12.9. The Morgan fingerprint density at radius 1 is 1.28 bits per heavy atom. The van der Waals surface area contributed by atoms with E-state index >= 15 is 0 Å². The fourth-order valence-corrected chi connectivity index (χ4v) is 3.52. The minimum atomic E-state index is -4.84. The molecule has 1 atom stereocenters. The molecule has 1 aliphatic rings. The number of rotatable bonds is 5. The van der Waals surface area contributed by atoms with Crippen molar-refractivity contribution in [3.05, 3.63) is 29.3 Å². The van der Waals surface area contributed by atoms with Gasteiger partial charge < -0.3 is 4.90 Å². The van der Waals surface area contributed by atoms with Gasteiger partial charge in [-0.3, -0.25) is 4.79 Å². The molecule has 0 aromatic heterocycles. The number of halogens is 3. The molecule has 1 amide bonds. The fraction of sp³-hybridized carbons (Fsp3) is 0.650. The molecule has 0 N–H and O–H groups in total. The van der Waals surface area contributed by atoms with Gasteiger partial charge in [-0.05, 0) is 41.4 Å². The highest BCUT2D eigenvalue weighted by molar-refractivity contribution is 5.98. The third-order valence-electron chi connectivity index (χ3n) is 5.30. The monoisotopic (exact) mass is 355 g/mol. The lowest BCUT2D eigenvalue weighted by atomic mass is 9.76. The molecule has 0 saturated heterocycles. The molecule has 25 heavy (non-hydrogen) atoms. The Morgan fingerprint density at radius 3 is 2.56 bits per heavy atom. The number of fused-ring (bicyclic) bond motifs is 1. The van der Waals surface area contributed by atoms with Gasteiger partial charge in [-0.15, -0.1) is 0 Å². The van der Waals surface area contributed by atoms with Crippen LogP contribution in [0, 0.1) is 0 Å². The van der Waals surface area contributed by atoms with Crippen molar-refractivity contribution in [2.24, 2.45) is 0 Å². The lowest BCUT2D eigenvalue weighted by Gasteiger charge is -2.39. The van der Waals surface area contributed by atoms with E-state index in [1.54, 1.807) is 6.07 Å². The van der Waals surface area contributed by atoms with E-state index in [9.17, 15) is 18.0 Å². The molecule has 0 aliphatic carbocycles. The van der Waals surface area contributed by atoms with E-state index in [1.165, 1.54) is 12.8 Å². The topological polar surface area (TPSA) is 20.3 Å². The molecule has 1 aromatic rings. The van der Waals surface area contributed by atoms with Crippen molar-refractivity contribution in [1.82, 2.24) is 0 Å². The van der Waals surface area contributed by atoms with Crippen LogP contribution < -0.4 is 4.90 Å². The molecular formula is C20H28F3NO. The minimum Gasteiger partial charge on any atom is -0.304 e. The van der Waals surface area contributed by atoms with Gasteiger partial charge in [0.05, 0.1) is 0 Å². The van der Waals surface area contributed by atoms with E-state index in [0.717, 1.165) is 28.9 Å². The highest BCUT2D eigenvalue weighted by atomic mass is 19.4. The number of carbonyl (C=O) groups is 1. The molecule has 1 aromatic carbocycles. The summed E-state index contributed by atoms with van der Waals surface area (Å²) in [5, 5.41) is 0. The first kappa shape index (κ1) is 19.8. The van der Waals surface area contributed by atoms with Gasteiger partial charge in [-0.25, -0.2) is 0 Å². The van der Waals surface area contributed by atoms with Gasteiger partial charge in [0.2, 0.25) is 0 Å². The molecule has 0 spiro atoms. The van der Waals surface area contributed by atoms with Crippen LogP contribution in [-0.2, 0) is 10.2 Å². The Hall–Kier alpha value is -1.52. The average molecular weight is 355 g/mol. The first-order chi connectivity index (χ1) is 11.6. The lowest BCUT2D eigenvalue weighted by Crippen LogP contribution is -2.47. The van der Waals surface area contributed by atoms with E-state index in [0.29, 0.717) is 18.0 Å². The molecule has 0 radical (unpaired) electrons. The van der Waals surface area contributed by atoms with E-state index < -0.39 is 12.1 Å². The van der Waals surface area contributed by atoms with Crippen molar-refractivity contribution >= 4 is 11.6 Å². The summed E-state index contributed by atoms with van der Waals surface area (Å²) in [6, 6.07) is 5.60. The zero-order valence-electron chi connectivity index (χ0n) is 15.5. The normalized spacial score (nSPS) is 18.0. The zero-order valence-corrected chi connectivity index (χ0v) is 15.5. The molecule has 1 unspecified atom stereocenters. The summed E-state index contributed by atoms with van der Waals surface area (Å²) in [7, 11) is 0. The number of carbonyl (C=O) groups excluding carboxylic acids is 1. The van der Waals surface area contributed by atoms with Crippen LogP contribution >= 0.6 is 0 Å². The number of amides is 1. The SMILES string of the molecule is CCCCCC(C)c1ccc2c(c1)C(C)(C)CCN2C(=O)C(F)(F)F. The second-order valence-electron chi connectivity index (χ2n) is 7.76. The molecule has 0 fully saturated rings. The Labute approximate surface area is 148 Å². The number of hydrogen-bond acceptors (Lipinski definition) is 1. The van der Waals surface area contributed by atoms with Gasteiger partial charge in [0, 0.05) is 12.2 Å². The van der Waals surface area contributed by atoms with Crippen molar-refractivity contribution in [2.75, 3.05) is 11.4 Å². The predicted octanol–water partition coefficient (Wildman–Crippen LogP) is 5.95. The summed E-state index contributed by atoms with van der Waals surface area (Å²) in [5.41, 5.74) is 2.15. The van der Waals surface area contributed by atoms with Crippen molar-refractivity contribution in [3.63, 3.8) is 0 Å². The third kappa shape index (κ3) is 4.36. The van der Waals surface area contributed by atoms with Crippen LogP contribution in [0.2, 0.25) is 0 Å². The van der Waals surface area contributed by atoms with Crippen molar-refractivity contribution < 1.29 is 18.0 Å². The fourth-order valence-electron chi connectivity index (χ4n) is 3.52. The Balaban J connectivity index is 2.34. The molecular weight excluding hydrogens is 327 g/mol. The first-order valence-electron chi connectivity index (χ1n) is 9.11. The molecule has 0 saturated carbocycles. The predicted molar refractivity (Wildman–Crippen MR) is 95.1 cm³/mol. The number of alkyl halides is 3. The molecule has 1 aliphatic heterocycles. The highest BCUT2D eigenvalue weighted by Gasteiger charge is 2.46. The molecule has 2 rings (SSSR count). The van der Waals surface area contributed by atoms with Crippen LogP contribution in [0.4, 0.5) is 18.9 Å². The van der Waals surface area contributed by atoms with Crippen molar-refractivity contribution in [2.45, 2.75) is 77.3 Å². The molecule has 0 bridgehead atoms. The second kappa shape index (κ2) is 7.38. The van der Waals surface area contributed by atoms with E-state index in [-0.39, 0.29) is 12.0 Å². The molecule has 140 valence electrons. The summed E-state index contributed by atoms with van der Waals surface area (Å²) in [4.78, 5) is 12.7. The second-order valence-corrected chi connectivity index (χ2v) is 7.76. The van der Waals surface area contributed by atoms with Gasteiger partial charge in [0.1, 0.15) is 0 Å². The number of unbranched alkanes of at least 4 members (excludes halogenated alkanes) is 2. The zero-order chi connectivity index (χ0) is 18.8. The Morgan fingerprint density at radius 2 is 1.96 bits per heavy atom. The summed E-state index contributed by atoms with van der Waals surface area (Å²) in [6.07, 6.45) is 0.253. The molecule has 1 heterocycles. The Kier molecular flexibility index (Phi) is 5.85. The quantitative estimate of drug-likeness (QED) is 0.598. The van der Waals surface area contributed by atoms with Crippen LogP contribution in [0.25, 0.3) is 0 Å². The van der Waals surface area contributed by atoms with E-state index in [1.807, 2.05) is 26.0 Å². The molecule has 2 nitrogen and oxygen atoms in total. The van der Waals surface area contributed by atoms with Crippen molar-refractivity contribution in [3.8, 4) is 0 Å². The smallest absolute Gasteiger partial charge is 0.304 e. The molecule has 5 heteroatoms.